The van der Waals surface area contributed by atoms with E-state index in [9.17, 15) is 9.59 Å². The third kappa shape index (κ3) is 4.03. The number of amides is 1. The summed E-state index contributed by atoms with van der Waals surface area (Å²) in [6, 6.07) is 26.4. The Bertz CT molecular complexity index is 1240. The monoisotopic (exact) mass is 396 g/mol. The molecule has 1 heterocycles. The van der Waals surface area contributed by atoms with Crippen molar-refractivity contribution in [1.29, 1.82) is 0 Å². The molecule has 0 aliphatic rings. The van der Waals surface area contributed by atoms with E-state index in [1.807, 2.05) is 79.7 Å². The zero-order valence-electron chi connectivity index (χ0n) is 16.4. The molecule has 6 heteroatoms. The van der Waals surface area contributed by atoms with Gasteiger partial charge in [0.25, 0.3) is 11.5 Å². The molecule has 0 unspecified atom stereocenters. The van der Waals surface area contributed by atoms with Crippen LogP contribution in [-0.4, -0.2) is 21.4 Å². The highest BCUT2D eigenvalue weighted by molar-refractivity contribution is 6.13. The second kappa shape index (κ2) is 8.53. The van der Waals surface area contributed by atoms with Gasteiger partial charge in [0.15, 0.2) is 0 Å². The first-order chi connectivity index (χ1) is 14.6. The van der Waals surface area contributed by atoms with Gasteiger partial charge in [0.2, 0.25) is 0 Å². The molecule has 1 aromatic heterocycles. The van der Waals surface area contributed by atoms with Crippen molar-refractivity contribution in [2.75, 3.05) is 0 Å². The van der Waals surface area contributed by atoms with Gasteiger partial charge in [-0.05, 0) is 13.0 Å². The molecule has 4 rings (SSSR count). The molecule has 6 nitrogen and oxygen atoms in total. The van der Waals surface area contributed by atoms with Crippen LogP contribution < -0.4 is 11.0 Å². The summed E-state index contributed by atoms with van der Waals surface area (Å²) in [5.74, 6) is -0.427. The van der Waals surface area contributed by atoms with E-state index in [1.54, 1.807) is 12.1 Å². The molecule has 30 heavy (non-hydrogen) atoms. The van der Waals surface area contributed by atoms with Crippen LogP contribution in [0, 0.1) is 6.92 Å². The highest BCUT2D eigenvalue weighted by atomic mass is 16.2. The number of nitrogens with zero attached hydrogens (tertiary/aromatic N) is 3. The summed E-state index contributed by atoms with van der Waals surface area (Å²) in [4.78, 5) is 25.2. The molecule has 4 aromatic rings. The summed E-state index contributed by atoms with van der Waals surface area (Å²) in [5, 5.41) is 9.95. The standard InChI is InChI=1S/C24H20N4O2/c1-17-20-14-8-9-15-21(20)24(30)28(27-17)16-22(29)25-26-23(18-10-4-2-5-11-18)19-12-6-3-7-13-19/h2-15H,16H2,1H3,(H,25,29). The number of fused-ring (bicyclic) bond motifs is 1. The van der Waals surface area contributed by atoms with E-state index in [4.69, 9.17) is 0 Å². The molecule has 1 amide bonds. The highest BCUT2D eigenvalue weighted by Crippen LogP contribution is 2.12. The van der Waals surface area contributed by atoms with Gasteiger partial charge in [-0.3, -0.25) is 9.59 Å². The Morgan fingerprint density at radius 1 is 0.867 bits per heavy atom. The van der Waals surface area contributed by atoms with Crippen molar-refractivity contribution in [3.05, 3.63) is 112 Å². The quantitative estimate of drug-likeness (QED) is 0.415. The van der Waals surface area contributed by atoms with Crippen molar-refractivity contribution >= 4 is 22.4 Å². The lowest BCUT2D eigenvalue weighted by Gasteiger charge is -2.10. The number of benzene rings is 3. The van der Waals surface area contributed by atoms with Gasteiger partial charge in [-0.1, -0.05) is 78.9 Å². The lowest BCUT2D eigenvalue weighted by atomic mass is 10.0. The molecular formula is C24H20N4O2. The lowest BCUT2D eigenvalue weighted by molar-refractivity contribution is -0.121. The first-order valence-corrected chi connectivity index (χ1v) is 9.57. The number of rotatable bonds is 5. The van der Waals surface area contributed by atoms with Crippen molar-refractivity contribution in [3.8, 4) is 0 Å². The number of carbonyl (C=O) groups is 1. The number of nitrogens with one attached hydrogen (secondary N) is 1. The number of aryl methyl sites for hydroxylation is 1. The van der Waals surface area contributed by atoms with Crippen LogP contribution in [0.4, 0.5) is 0 Å². The molecular weight excluding hydrogens is 376 g/mol. The van der Waals surface area contributed by atoms with Crippen LogP contribution in [0.2, 0.25) is 0 Å². The third-order valence-corrected chi connectivity index (χ3v) is 4.73. The van der Waals surface area contributed by atoms with Gasteiger partial charge in [0, 0.05) is 16.5 Å². The molecule has 0 radical (unpaired) electrons. The summed E-state index contributed by atoms with van der Waals surface area (Å²) in [6.45, 7) is 1.60. The number of hydrogen-bond donors (Lipinski definition) is 1. The number of carbonyl (C=O) groups excluding carboxylic acids is 1. The Hall–Kier alpha value is -4.06. The first-order valence-electron chi connectivity index (χ1n) is 9.57. The van der Waals surface area contributed by atoms with Gasteiger partial charge in [-0.25, -0.2) is 10.1 Å². The minimum absolute atomic E-state index is 0.217. The molecule has 0 aliphatic heterocycles. The SMILES string of the molecule is Cc1nn(CC(=O)NN=C(c2ccccc2)c2ccccc2)c(=O)c2ccccc12. The Balaban J connectivity index is 1.61. The van der Waals surface area contributed by atoms with Crippen molar-refractivity contribution in [3.63, 3.8) is 0 Å². The molecule has 0 spiro atoms. The third-order valence-electron chi connectivity index (χ3n) is 4.73. The van der Waals surface area contributed by atoms with Crippen LogP contribution in [0.5, 0.6) is 0 Å². The molecule has 0 bridgehead atoms. The van der Waals surface area contributed by atoms with E-state index in [0.29, 0.717) is 16.8 Å². The van der Waals surface area contributed by atoms with Gasteiger partial charge in [0.1, 0.15) is 6.54 Å². The van der Waals surface area contributed by atoms with Crippen LogP contribution >= 0.6 is 0 Å². The molecule has 1 N–H and O–H groups in total. The summed E-state index contributed by atoms with van der Waals surface area (Å²) in [7, 11) is 0. The summed E-state index contributed by atoms with van der Waals surface area (Å²) < 4.78 is 1.17. The molecule has 148 valence electrons. The normalized spacial score (nSPS) is 10.6. The molecule has 3 aromatic carbocycles. The highest BCUT2D eigenvalue weighted by Gasteiger charge is 2.12. The van der Waals surface area contributed by atoms with Crippen LogP contribution in [-0.2, 0) is 11.3 Å². The molecule has 0 saturated carbocycles. The summed E-state index contributed by atoms with van der Waals surface area (Å²) in [6.07, 6.45) is 0. The van der Waals surface area contributed by atoms with Crippen molar-refractivity contribution in [1.82, 2.24) is 15.2 Å². The average Bonchev–Trinajstić information content (AvgIpc) is 2.79. The smallest absolute Gasteiger partial charge is 0.271 e. The Labute approximate surface area is 173 Å². The zero-order chi connectivity index (χ0) is 20.9. The van der Waals surface area contributed by atoms with E-state index in [1.165, 1.54) is 4.68 Å². The van der Waals surface area contributed by atoms with Gasteiger partial charge in [-0.15, -0.1) is 0 Å². The van der Waals surface area contributed by atoms with Gasteiger partial charge in [-0.2, -0.15) is 10.2 Å². The fourth-order valence-corrected chi connectivity index (χ4v) is 3.29. The van der Waals surface area contributed by atoms with Gasteiger partial charge in [0.05, 0.1) is 16.8 Å². The van der Waals surface area contributed by atoms with E-state index in [2.05, 4.69) is 15.6 Å². The number of hydrazone groups is 1. The zero-order valence-corrected chi connectivity index (χ0v) is 16.4. The van der Waals surface area contributed by atoms with E-state index >= 15 is 0 Å². The van der Waals surface area contributed by atoms with E-state index < -0.39 is 5.91 Å². The predicted octanol–water partition coefficient (Wildman–Crippen LogP) is 3.27. The average molecular weight is 396 g/mol. The second-order valence-corrected chi connectivity index (χ2v) is 6.82. The number of aromatic nitrogens is 2. The Morgan fingerprint density at radius 2 is 1.40 bits per heavy atom. The first kappa shape index (κ1) is 19.3. The maximum atomic E-state index is 12.7. The molecule has 0 fully saturated rings. The fraction of sp³-hybridized carbons (Fsp3) is 0.0833. The molecule has 0 saturated heterocycles. The maximum Gasteiger partial charge on any atom is 0.275 e. The van der Waals surface area contributed by atoms with Gasteiger partial charge < -0.3 is 0 Å². The lowest BCUT2D eigenvalue weighted by Crippen LogP contribution is -2.32. The van der Waals surface area contributed by atoms with Gasteiger partial charge >= 0.3 is 0 Å². The van der Waals surface area contributed by atoms with Crippen molar-refractivity contribution < 1.29 is 4.79 Å². The van der Waals surface area contributed by atoms with Crippen LogP contribution in [0.25, 0.3) is 10.8 Å². The fourth-order valence-electron chi connectivity index (χ4n) is 3.29. The van der Waals surface area contributed by atoms with Crippen molar-refractivity contribution in [2.45, 2.75) is 13.5 Å². The predicted molar refractivity (Wildman–Crippen MR) is 117 cm³/mol. The second-order valence-electron chi connectivity index (χ2n) is 6.82. The largest absolute Gasteiger partial charge is 0.275 e. The van der Waals surface area contributed by atoms with Crippen molar-refractivity contribution in [2.24, 2.45) is 5.10 Å². The molecule has 0 aliphatic carbocycles. The minimum Gasteiger partial charge on any atom is -0.271 e. The maximum absolute atomic E-state index is 12.7. The number of hydrogen-bond acceptors (Lipinski definition) is 4. The van der Waals surface area contributed by atoms with Crippen LogP contribution in [0.3, 0.4) is 0 Å². The minimum atomic E-state index is -0.427. The van der Waals surface area contributed by atoms with E-state index in [-0.39, 0.29) is 12.1 Å². The molecule has 0 atom stereocenters. The Kier molecular flexibility index (Phi) is 5.48. The summed E-state index contributed by atoms with van der Waals surface area (Å²) >= 11 is 0. The van der Waals surface area contributed by atoms with Crippen LogP contribution in [0.15, 0.2) is 94.8 Å². The van der Waals surface area contributed by atoms with Crippen LogP contribution in [0.1, 0.15) is 16.8 Å². The Morgan fingerprint density at radius 3 is 2.00 bits per heavy atom. The summed E-state index contributed by atoms with van der Waals surface area (Å²) in [5.41, 5.74) is 5.35. The topological polar surface area (TPSA) is 76.3 Å². The van der Waals surface area contributed by atoms with E-state index in [0.717, 1.165) is 16.5 Å².